The number of carbonyl (C=O) groups is 2. The van der Waals surface area contributed by atoms with Crippen LogP contribution in [0.25, 0.3) is 0 Å². The maximum atomic E-state index is 13.7. The summed E-state index contributed by atoms with van der Waals surface area (Å²) < 4.78 is 26.5. The van der Waals surface area contributed by atoms with Gasteiger partial charge in [-0.05, 0) is 49.4 Å². The summed E-state index contributed by atoms with van der Waals surface area (Å²) in [6, 6.07) is 16.0. The maximum Gasteiger partial charge on any atom is 0.244 e. The molecule has 3 rings (SSSR count). The molecule has 0 saturated heterocycles. The van der Waals surface area contributed by atoms with Crippen molar-refractivity contribution in [1.29, 1.82) is 0 Å². The summed E-state index contributed by atoms with van der Waals surface area (Å²) in [5.74, 6) is -0.587. The molecular formula is C27H37N3O4S. The first-order valence-electron chi connectivity index (χ1n) is 12.4. The molecule has 0 unspecified atom stereocenters. The largest absolute Gasteiger partial charge is 0.352 e. The Bertz CT molecular complexity index is 1100. The summed E-state index contributed by atoms with van der Waals surface area (Å²) in [5.41, 5.74) is 2.20. The van der Waals surface area contributed by atoms with Crippen LogP contribution in [0.1, 0.15) is 56.6 Å². The number of nitrogens with zero attached hydrogens (tertiary/aromatic N) is 2. The first-order chi connectivity index (χ1) is 16.7. The summed E-state index contributed by atoms with van der Waals surface area (Å²) in [4.78, 5) is 28.6. The molecule has 190 valence electrons. The van der Waals surface area contributed by atoms with Gasteiger partial charge in [-0.2, -0.15) is 0 Å². The van der Waals surface area contributed by atoms with Crippen LogP contribution >= 0.6 is 0 Å². The minimum absolute atomic E-state index is 0.124. The minimum Gasteiger partial charge on any atom is -0.352 e. The van der Waals surface area contributed by atoms with Crippen LogP contribution in [0.4, 0.5) is 5.69 Å². The summed E-state index contributed by atoms with van der Waals surface area (Å²) in [7, 11) is -3.73. The van der Waals surface area contributed by atoms with Gasteiger partial charge in [-0.3, -0.25) is 13.9 Å². The molecular weight excluding hydrogens is 462 g/mol. The van der Waals surface area contributed by atoms with E-state index >= 15 is 0 Å². The number of carbonyl (C=O) groups excluding carboxylic acids is 2. The Kier molecular flexibility index (Phi) is 9.32. The van der Waals surface area contributed by atoms with Crippen LogP contribution in [-0.4, -0.2) is 50.0 Å². The Morgan fingerprint density at radius 3 is 2.31 bits per heavy atom. The Hall–Kier alpha value is -2.87. The van der Waals surface area contributed by atoms with Crippen molar-refractivity contribution in [1.82, 2.24) is 10.2 Å². The molecule has 1 aliphatic carbocycles. The van der Waals surface area contributed by atoms with Crippen LogP contribution in [0.15, 0.2) is 54.6 Å². The molecule has 1 atom stereocenters. The van der Waals surface area contributed by atoms with Crippen molar-refractivity contribution in [2.24, 2.45) is 0 Å². The molecule has 1 saturated carbocycles. The Labute approximate surface area is 209 Å². The van der Waals surface area contributed by atoms with E-state index in [2.05, 4.69) is 5.32 Å². The number of hydrogen-bond acceptors (Lipinski definition) is 4. The number of hydrogen-bond donors (Lipinski definition) is 1. The number of sulfonamides is 1. The van der Waals surface area contributed by atoms with E-state index in [0.717, 1.165) is 47.4 Å². The van der Waals surface area contributed by atoms with Crippen molar-refractivity contribution in [3.05, 3.63) is 65.7 Å². The number of anilines is 1. The Balaban J connectivity index is 1.89. The summed E-state index contributed by atoms with van der Waals surface area (Å²) in [6.45, 7) is 3.60. The van der Waals surface area contributed by atoms with Gasteiger partial charge in [0.05, 0.1) is 11.9 Å². The molecule has 8 heteroatoms. The third-order valence-electron chi connectivity index (χ3n) is 6.50. The molecule has 2 aromatic rings. The lowest BCUT2D eigenvalue weighted by atomic mass is 9.95. The average molecular weight is 500 g/mol. The first kappa shape index (κ1) is 26.7. The number of nitrogens with one attached hydrogen (secondary N) is 1. The van der Waals surface area contributed by atoms with Crippen LogP contribution in [0.3, 0.4) is 0 Å². The van der Waals surface area contributed by atoms with E-state index in [1.165, 1.54) is 11.3 Å². The second-order valence-electron chi connectivity index (χ2n) is 9.38. The van der Waals surface area contributed by atoms with E-state index in [-0.39, 0.29) is 25.0 Å². The van der Waals surface area contributed by atoms with Gasteiger partial charge in [0.1, 0.15) is 12.6 Å². The fourth-order valence-corrected chi connectivity index (χ4v) is 5.48. The zero-order valence-electron chi connectivity index (χ0n) is 20.9. The van der Waals surface area contributed by atoms with E-state index in [0.29, 0.717) is 12.1 Å². The second-order valence-corrected chi connectivity index (χ2v) is 11.3. The normalized spacial score (nSPS) is 15.3. The van der Waals surface area contributed by atoms with Crippen LogP contribution < -0.4 is 9.62 Å². The number of amides is 2. The van der Waals surface area contributed by atoms with E-state index in [4.69, 9.17) is 0 Å². The van der Waals surface area contributed by atoms with E-state index < -0.39 is 22.0 Å². The van der Waals surface area contributed by atoms with Gasteiger partial charge in [0.2, 0.25) is 21.8 Å². The highest BCUT2D eigenvalue weighted by atomic mass is 32.2. The molecule has 1 aliphatic rings. The van der Waals surface area contributed by atoms with Gasteiger partial charge >= 0.3 is 0 Å². The molecule has 0 bridgehead atoms. The standard InChI is InChI=1S/C27H37N3O4S/c1-4-25(27(32)28-23-15-9-6-10-16-23)29(19-22-13-7-5-8-14-22)26(31)20-30(35(3,33)34)24-17-11-12-21(2)18-24/h5,7-8,11-14,17-18,23,25H,4,6,9-10,15-16,19-20H2,1-3H3,(H,28,32)/t25-/m1/s1. The molecule has 7 nitrogen and oxygen atoms in total. The fourth-order valence-electron chi connectivity index (χ4n) is 4.64. The van der Waals surface area contributed by atoms with Crippen LogP contribution in [0.2, 0.25) is 0 Å². The third-order valence-corrected chi connectivity index (χ3v) is 7.64. The predicted molar refractivity (Wildman–Crippen MR) is 139 cm³/mol. The van der Waals surface area contributed by atoms with Crippen molar-refractivity contribution in [3.63, 3.8) is 0 Å². The molecule has 2 aromatic carbocycles. The van der Waals surface area contributed by atoms with E-state index in [1.807, 2.05) is 50.2 Å². The van der Waals surface area contributed by atoms with Crippen molar-refractivity contribution in [3.8, 4) is 0 Å². The van der Waals surface area contributed by atoms with Crippen LogP contribution in [0, 0.1) is 6.92 Å². The van der Waals surface area contributed by atoms with Gasteiger partial charge in [0.25, 0.3) is 0 Å². The van der Waals surface area contributed by atoms with Gasteiger partial charge in [0, 0.05) is 12.6 Å². The van der Waals surface area contributed by atoms with Gasteiger partial charge in [-0.15, -0.1) is 0 Å². The predicted octanol–water partition coefficient (Wildman–Crippen LogP) is 4.02. The molecule has 35 heavy (non-hydrogen) atoms. The Morgan fingerprint density at radius 2 is 1.71 bits per heavy atom. The Morgan fingerprint density at radius 1 is 1.03 bits per heavy atom. The second kappa shape index (κ2) is 12.2. The number of rotatable bonds is 10. The van der Waals surface area contributed by atoms with Crippen LogP contribution in [0.5, 0.6) is 0 Å². The summed E-state index contributed by atoms with van der Waals surface area (Å²) >= 11 is 0. The summed E-state index contributed by atoms with van der Waals surface area (Å²) in [6.07, 6.45) is 6.79. The van der Waals surface area contributed by atoms with Crippen molar-refractivity contribution in [2.75, 3.05) is 17.1 Å². The average Bonchev–Trinajstić information content (AvgIpc) is 2.82. The SMILES string of the molecule is CC[C@H](C(=O)NC1CCCCC1)N(Cc1ccccc1)C(=O)CN(c1cccc(C)c1)S(C)(=O)=O. The van der Waals surface area contributed by atoms with E-state index in [9.17, 15) is 18.0 Å². The fraction of sp³-hybridized carbons (Fsp3) is 0.481. The maximum absolute atomic E-state index is 13.7. The molecule has 0 aromatic heterocycles. The minimum atomic E-state index is -3.73. The highest BCUT2D eigenvalue weighted by molar-refractivity contribution is 7.92. The molecule has 0 radical (unpaired) electrons. The van der Waals surface area contributed by atoms with E-state index in [1.54, 1.807) is 18.2 Å². The third kappa shape index (κ3) is 7.56. The van der Waals surface area contributed by atoms with Crippen molar-refractivity contribution < 1.29 is 18.0 Å². The number of aryl methyl sites for hydroxylation is 1. The lowest BCUT2D eigenvalue weighted by molar-refractivity contribution is -0.140. The zero-order valence-corrected chi connectivity index (χ0v) is 21.8. The molecule has 0 spiro atoms. The smallest absolute Gasteiger partial charge is 0.244 e. The molecule has 1 fully saturated rings. The van der Waals surface area contributed by atoms with Gasteiger partial charge in [-0.1, -0.05) is 68.7 Å². The highest BCUT2D eigenvalue weighted by Gasteiger charge is 2.32. The first-order valence-corrected chi connectivity index (χ1v) is 14.2. The van der Waals surface area contributed by atoms with Crippen molar-refractivity contribution >= 4 is 27.5 Å². The molecule has 2 amide bonds. The highest BCUT2D eigenvalue weighted by Crippen LogP contribution is 2.22. The van der Waals surface area contributed by atoms with Crippen molar-refractivity contribution in [2.45, 2.75) is 71.0 Å². The zero-order chi connectivity index (χ0) is 25.4. The molecule has 1 N–H and O–H groups in total. The topological polar surface area (TPSA) is 86.8 Å². The van der Waals surface area contributed by atoms with Crippen LogP contribution in [-0.2, 0) is 26.2 Å². The lowest BCUT2D eigenvalue weighted by Crippen LogP contribution is -2.53. The quantitative estimate of drug-likeness (QED) is 0.535. The lowest BCUT2D eigenvalue weighted by Gasteiger charge is -2.34. The number of benzene rings is 2. The van der Waals surface area contributed by atoms with Gasteiger partial charge < -0.3 is 10.2 Å². The van der Waals surface area contributed by atoms with Gasteiger partial charge in [-0.25, -0.2) is 8.42 Å². The molecule has 0 heterocycles. The van der Waals surface area contributed by atoms with Gasteiger partial charge in [0.15, 0.2) is 0 Å². The summed E-state index contributed by atoms with van der Waals surface area (Å²) in [5, 5.41) is 3.15. The monoisotopic (exact) mass is 499 g/mol. The molecule has 0 aliphatic heterocycles.